The number of aliphatic hydroxyl groups is 1. The Morgan fingerprint density at radius 2 is 1.76 bits per heavy atom. The van der Waals surface area contributed by atoms with Gasteiger partial charge in [-0.05, 0) is 17.4 Å². The Morgan fingerprint density at radius 3 is 2.35 bits per heavy atom. The maximum Gasteiger partial charge on any atom is 0.0622 e. The molecule has 0 fully saturated rings. The first kappa shape index (κ1) is 13.7. The molecule has 0 aliphatic heterocycles. The number of allylic oxidation sites excluding steroid dienone is 2. The van der Waals surface area contributed by atoms with Crippen LogP contribution in [0.2, 0.25) is 0 Å². The van der Waals surface area contributed by atoms with Crippen LogP contribution in [0.4, 0.5) is 0 Å². The lowest BCUT2D eigenvalue weighted by Gasteiger charge is -2.24. The van der Waals surface area contributed by atoms with Crippen molar-refractivity contribution in [1.82, 2.24) is 0 Å². The fourth-order valence-electron chi connectivity index (χ4n) is 1.37. The first-order valence-electron chi connectivity index (χ1n) is 6.06. The zero-order valence-corrected chi connectivity index (χ0v) is 10.9. The molecule has 1 nitrogen and oxygen atoms in total. The van der Waals surface area contributed by atoms with Crippen molar-refractivity contribution < 1.29 is 5.11 Å². The second-order valence-electron chi connectivity index (χ2n) is 5.32. The van der Waals surface area contributed by atoms with Gasteiger partial charge in [-0.25, -0.2) is 0 Å². The van der Waals surface area contributed by atoms with E-state index in [2.05, 4.69) is 18.2 Å². The molecular weight excluding hydrogens is 208 g/mol. The molecule has 0 bridgehead atoms. The van der Waals surface area contributed by atoms with E-state index in [0.717, 1.165) is 0 Å². The Morgan fingerprint density at radius 1 is 1.12 bits per heavy atom. The first-order chi connectivity index (χ1) is 8.00. The van der Waals surface area contributed by atoms with Crippen molar-refractivity contribution in [2.24, 2.45) is 5.41 Å². The van der Waals surface area contributed by atoms with Gasteiger partial charge in [-0.15, -0.1) is 0 Å². The molecule has 0 heterocycles. The van der Waals surface area contributed by atoms with Crippen LogP contribution in [0.5, 0.6) is 0 Å². The third kappa shape index (κ3) is 5.50. The van der Waals surface area contributed by atoms with E-state index in [1.165, 1.54) is 5.56 Å². The van der Waals surface area contributed by atoms with Gasteiger partial charge in [-0.1, -0.05) is 75.4 Å². The predicted octanol–water partition coefficient (Wildman–Crippen LogP) is 4.05. The van der Waals surface area contributed by atoms with E-state index in [0.29, 0.717) is 6.42 Å². The Hall–Kier alpha value is -1.34. The van der Waals surface area contributed by atoms with Gasteiger partial charge in [0.2, 0.25) is 0 Å². The highest BCUT2D eigenvalue weighted by molar-refractivity contribution is 5.50. The molecule has 92 valence electrons. The second kappa shape index (κ2) is 6.41. The molecule has 1 aromatic rings. The topological polar surface area (TPSA) is 20.2 Å². The smallest absolute Gasteiger partial charge is 0.0622 e. The second-order valence-corrected chi connectivity index (χ2v) is 5.32. The van der Waals surface area contributed by atoms with Crippen molar-refractivity contribution in [2.75, 3.05) is 0 Å². The molecule has 0 amide bonds. The lowest BCUT2D eigenvalue weighted by molar-refractivity contribution is 0.0659. The monoisotopic (exact) mass is 230 g/mol. The summed E-state index contributed by atoms with van der Waals surface area (Å²) in [4.78, 5) is 0. The van der Waals surface area contributed by atoms with Crippen LogP contribution in [0.15, 0.2) is 48.6 Å². The average Bonchev–Trinajstić information content (AvgIpc) is 2.28. The molecule has 1 atom stereocenters. The Labute approximate surface area is 104 Å². The quantitative estimate of drug-likeness (QED) is 0.774. The molecular formula is C16H22O. The summed E-state index contributed by atoms with van der Waals surface area (Å²) in [5.74, 6) is 0. The van der Waals surface area contributed by atoms with Crippen LogP contribution in [0.1, 0.15) is 32.8 Å². The molecule has 0 aliphatic carbocycles. The van der Waals surface area contributed by atoms with Crippen LogP contribution < -0.4 is 0 Å². The van der Waals surface area contributed by atoms with E-state index in [-0.39, 0.29) is 11.5 Å². The third-order valence-electron chi connectivity index (χ3n) is 2.69. The summed E-state index contributed by atoms with van der Waals surface area (Å²) in [6.07, 6.45) is 8.47. The number of aliphatic hydroxyl groups excluding tert-OH is 1. The van der Waals surface area contributed by atoms with Crippen molar-refractivity contribution >= 4 is 6.08 Å². The van der Waals surface area contributed by atoms with E-state index >= 15 is 0 Å². The highest BCUT2D eigenvalue weighted by Gasteiger charge is 2.20. The van der Waals surface area contributed by atoms with Crippen molar-refractivity contribution in [2.45, 2.75) is 33.3 Å². The van der Waals surface area contributed by atoms with Crippen LogP contribution in [0, 0.1) is 5.41 Å². The average molecular weight is 230 g/mol. The summed E-state index contributed by atoms with van der Waals surface area (Å²) in [6, 6.07) is 10.2. The highest BCUT2D eigenvalue weighted by Crippen LogP contribution is 2.21. The van der Waals surface area contributed by atoms with Gasteiger partial charge >= 0.3 is 0 Å². The zero-order valence-electron chi connectivity index (χ0n) is 10.9. The van der Waals surface area contributed by atoms with Crippen LogP contribution in [-0.2, 0) is 0 Å². The number of benzene rings is 1. The fraction of sp³-hybridized carbons (Fsp3) is 0.375. The molecule has 1 heteroatoms. The van der Waals surface area contributed by atoms with Crippen molar-refractivity contribution in [3.8, 4) is 0 Å². The van der Waals surface area contributed by atoms with Gasteiger partial charge in [0, 0.05) is 0 Å². The van der Waals surface area contributed by atoms with E-state index in [1.54, 1.807) is 0 Å². The highest BCUT2D eigenvalue weighted by atomic mass is 16.3. The molecule has 0 spiro atoms. The summed E-state index contributed by atoms with van der Waals surface area (Å²) in [5.41, 5.74) is 1.14. The lowest BCUT2D eigenvalue weighted by atomic mass is 9.87. The SMILES string of the molecule is CC(C)(C)[C@H](O)C/C=C/C=C/c1ccccc1. The molecule has 0 aromatic heterocycles. The minimum absolute atomic E-state index is 0.0481. The molecule has 1 N–H and O–H groups in total. The number of hydrogen-bond donors (Lipinski definition) is 1. The van der Waals surface area contributed by atoms with Crippen molar-refractivity contribution in [1.29, 1.82) is 0 Å². The van der Waals surface area contributed by atoms with Gasteiger partial charge in [-0.2, -0.15) is 0 Å². The predicted molar refractivity (Wildman–Crippen MR) is 74.7 cm³/mol. The van der Waals surface area contributed by atoms with Crippen molar-refractivity contribution in [3.05, 3.63) is 54.1 Å². The zero-order chi connectivity index (χ0) is 12.7. The molecule has 1 aromatic carbocycles. The van der Waals surface area contributed by atoms with Gasteiger partial charge in [0.25, 0.3) is 0 Å². The van der Waals surface area contributed by atoms with Gasteiger partial charge in [0.15, 0.2) is 0 Å². The molecule has 17 heavy (non-hydrogen) atoms. The van der Waals surface area contributed by atoms with E-state index in [9.17, 15) is 5.11 Å². The summed E-state index contributed by atoms with van der Waals surface area (Å²) in [5, 5.41) is 9.83. The van der Waals surface area contributed by atoms with Crippen LogP contribution >= 0.6 is 0 Å². The standard InChI is InChI=1S/C16H22O/c1-16(2,3)15(17)13-9-5-8-12-14-10-6-4-7-11-14/h4-12,15,17H,13H2,1-3H3/b9-5+,12-8+/t15-/m1/s1. The summed E-state index contributed by atoms with van der Waals surface area (Å²) < 4.78 is 0. The molecule has 1 rings (SSSR count). The van der Waals surface area contributed by atoms with Gasteiger partial charge in [0.05, 0.1) is 6.10 Å². The minimum Gasteiger partial charge on any atom is -0.392 e. The van der Waals surface area contributed by atoms with E-state index < -0.39 is 0 Å². The third-order valence-corrected chi connectivity index (χ3v) is 2.69. The van der Waals surface area contributed by atoms with E-state index in [1.807, 2.05) is 57.2 Å². The largest absolute Gasteiger partial charge is 0.392 e. The van der Waals surface area contributed by atoms with Gasteiger partial charge in [0.1, 0.15) is 0 Å². The molecule has 0 saturated heterocycles. The summed E-state index contributed by atoms with van der Waals surface area (Å²) in [6.45, 7) is 6.14. The number of rotatable bonds is 4. The molecule has 0 saturated carbocycles. The molecule has 0 unspecified atom stereocenters. The molecule has 0 aliphatic rings. The van der Waals surface area contributed by atoms with E-state index in [4.69, 9.17) is 0 Å². The van der Waals surface area contributed by atoms with Crippen molar-refractivity contribution in [3.63, 3.8) is 0 Å². The summed E-state index contributed by atoms with van der Waals surface area (Å²) in [7, 11) is 0. The Balaban J connectivity index is 2.39. The normalized spacial score (nSPS) is 14.6. The maximum atomic E-state index is 9.83. The Kier molecular flexibility index (Phi) is 5.17. The lowest BCUT2D eigenvalue weighted by Crippen LogP contribution is -2.24. The van der Waals surface area contributed by atoms with Gasteiger partial charge in [-0.3, -0.25) is 0 Å². The maximum absolute atomic E-state index is 9.83. The van der Waals surface area contributed by atoms with Crippen LogP contribution in [-0.4, -0.2) is 11.2 Å². The Bertz CT molecular complexity index is 368. The minimum atomic E-state index is -0.288. The van der Waals surface area contributed by atoms with Crippen LogP contribution in [0.25, 0.3) is 6.08 Å². The number of hydrogen-bond acceptors (Lipinski definition) is 1. The van der Waals surface area contributed by atoms with Crippen LogP contribution in [0.3, 0.4) is 0 Å². The fourth-order valence-corrected chi connectivity index (χ4v) is 1.37. The van der Waals surface area contributed by atoms with Gasteiger partial charge < -0.3 is 5.11 Å². The summed E-state index contributed by atoms with van der Waals surface area (Å²) >= 11 is 0. The first-order valence-corrected chi connectivity index (χ1v) is 6.06. The molecule has 0 radical (unpaired) electrons.